The van der Waals surface area contributed by atoms with Crippen LogP contribution in [0.25, 0.3) is 0 Å². The van der Waals surface area contributed by atoms with Gasteiger partial charge in [0.2, 0.25) is 0 Å². The Morgan fingerprint density at radius 1 is 1.31 bits per heavy atom. The van der Waals surface area contributed by atoms with Gasteiger partial charge in [-0.3, -0.25) is 0 Å². The lowest BCUT2D eigenvalue weighted by atomic mass is 10.5. The van der Waals surface area contributed by atoms with E-state index in [4.69, 9.17) is 5.21 Å². The van der Waals surface area contributed by atoms with Gasteiger partial charge < -0.3 is 24.8 Å². The van der Waals surface area contributed by atoms with Gasteiger partial charge in [0, 0.05) is 0 Å². The Morgan fingerprint density at radius 2 is 1.81 bits per heavy atom. The summed E-state index contributed by atoms with van der Waals surface area (Å²) in [7, 11) is 2.53. The number of methoxy groups -OCH3 is 2. The van der Waals surface area contributed by atoms with E-state index < -0.39 is 16.6 Å². The van der Waals surface area contributed by atoms with Gasteiger partial charge in [-0.25, -0.2) is 0 Å². The molecule has 0 radical (unpaired) electrons. The molecule has 10 heteroatoms. The zero-order valence-electron chi connectivity index (χ0n) is 8.32. The highest BCUT2D eigenvalue weighted by atomic mass is 16.6. The van der Waals surface area contributed by atoms with Crippen molar-refractivity contribution in [3.8, 4) is 12.0 Å². The first-order chi connectivity index (χ1) is 7.62. The molecule has 0 saturated carbocycles. The molecule has 0 aliphatic heterocycles. The van der Waals surface area contributed by atoms with Crippen LogP contribution in [0.15, 0.2) is 5.16 Å². The van der Waals surface area contributed by atoms with Gasteiger partial charge in [-0.05, 0) is 4.92 Å². The average Bonchev–Trinajstić information content (AvgIpc) is 2.29. The molecule has 1 aromatic heterocycles. The smallest absolute Gasteiger partial charge is 0.454 e. The Balaban J connectivity index is 3.27. The summed E-state index contributed by atoms with van der Waals surface area (Å²) in [4.78, 5) is 20.2. The van der Waals surface area contributed by atoms with Gasteiger partial charge in [0.05, 0.1) is 14.2 Å². The summed E-state index contributed by atoms with van der Waals surface area (Å²) in [6, 6.07) is -0.380. The highest BCUT2D eigenvalue weighted by molar-refractivity contribution is 5.88. The fourth-order valence-electron chi connectivity index (χ4n) is 0.783. The first kappa shape index (κ1) is 11.6. The third-order valence-electron chi connectivity index (χ3n) is 1.43. The zero-order chi connectivity index (χ0) is 12.1. The number of oxime groups is 1. The summed E-state index contributed by atoms with van der Waals surface area (Å²) >= 11 is 0. The van der Waals surface area contributed by atoms with E-state index in [1.807, 2.05) is 0 Å². The molecule has 0 saturated heterocycles. The third-order valence-corrected chi connectivity index (χ3v) is 1.43. The second-order valence-corrected chi connectivity index (χ2v) is 2.31. The minimum Gasteiger partial charge on any atom is -0.467 e. The van der Waals surface area contributed by atoms with E-state index in [1.54, 1.807) is 0 Å². The lowest BCUT2D eigenvalue weighted by molar-refractivity contribution is -0.351. The molecular weight excluding hydrogens is 222 g/mol. The number of nitro groups is 1. The fraction of sp³-hybridized carbons (Fsp3) is 0.333. The van der Waals surface area contributed by atoms with E-state index in [1.165, 1.54) is 14.2 Å². The summed E-state index contributed by atoms with van der Waals surface area (Å²) in [5, 5.41) is 21.4. The standard InChI is InChI=1S/C6H7N5O5/c1-15-5-7-3(4(10-12)11(13)14)8-6(9-5)16-2/h12H,1-2H3/b10-4-. The number of hydrogen-bond donors (Lipinski definition) is 1. The second kappa shape index (κ2) is 4.82. The number of ether oxygens (including phenoxy) is 2. The summed E-state index contributed by atoms with van der Waals surface area (Å²) < 4.78 is 9.34. The van der Waals surface area contributed by atoms with Crippen molar-refractivity contribution >= 4 is 5.84 Å². The van der Waals surface area contributed by atoms with Gasteiger partial charge in [0.25, 0.3) is 5.82 Å². The van der Waals surface area contributed by atoms with Gasteiger partial charge >= 0.3 is 17.9 Å². The monoisotopic (exact) mass is 229 g/mol. The van der Waals surface area contributed by atoms with Crippen LogP contribution < -0.4 is 9.47 Å². The molecule has 0 atom stereocenters. The Hall–Kier alpha value is -2.52. The fourth-order valence-corrected chi connectivity index (χ4v) is 0.783. The van der Waals surface area contributed by atoms with Gasteiger partial charge in [-0.2, -0.15) is 9.97 Å². The molecule has 0 bridgehead atoms. The molecule has 0 aromatic carbocycles. The topological polar surface area (TPSA) is 133 Å². The number of rotatable bonds is 3. The molecule has 0 aliphatic carbocycles. The average molecular weight is 229 g/mol. The molecule has 1 N–H and O–H groups in total. The Labute approximate surface area is 88.7 Å². The molecule has 0 amide bonds. The molecular formula is C6H7N5O5. The van der Waals surface area contributed by atoms with Crippen molar-refractivity contribution in [3.05, 3.63) is 15.9 Å². The lowest BCUT2D eigenvalue weighted by Gasteiger charge is -2.02. The molecule has 10 nitrogen and oxygen atoms in total. The van der Waals surface area contributed by atoms with E-state index in [2.05, 4.69) is 29.6 Å². The van der Waals surface area contributed by atoms with Crippen LogP contribution in [-0.2, 0) is 0 Å². The van der Waals surface area contributed by atoms with Crippen LogP contribution in [0.2, 0.25) is 0 Å². The Kier molecular flexibility index (Phi) is 3.48. The van der Waals surface area contributed by atoms with Crippen LogP contribution in [0.4, 0.5) is 0 Å². The molecule has 1 aromatic rings. The van der Waals surface area contributed by atoms with Crippen molar-refractivity contribution in [3.63, 3.8) is 0 Å². The molecule has 0 unspecified atom stereocenters. The molecule has 16 heavy (non-hydrogen) atoms. The summed E-state index contributed by atoms with van der Waals surface area (Å²) in [5.74, 6) is -1.39. The van der Waals surface area contributed by atoms with Crippen molar-refractivity contribution < 1.29 is 19.6 Å². The highest BCUT2D eigenvalue weighted by Crippen LogP contribution is 2.09. The maximum absolute atomic E-state index is 10.5. The predicted molar refractivity (Wildman–Crippen MR) is 48.2 cm³/mol. The first-order valence-corrected chi connectivity index (χ1v) is 3.83. The Morgan fingerprint density at radius 3 is 2.12 bits per heavy atom. The SMILES string of the molecule is COc1nc(OC)nc(/C(=N/O)[N+](=O)[O-])n1. The maximum atomic E-state index is 10.5. The zero-order valence-corrected chi connectivity index (χ0v) is 8.32. The van der Waals surface area contributed by atoms with E-state index in [-0.39, 0.29) is 12.0 Å². The highest BCUT2D eigenvalue weighted by Gasteiger charge is 2.23. The molecule has 1 rings (SSSR count). The molecule has 0 aliphatic rings. The van der Waals surface area contributed by atoms with Gasteiger partial charge in [0.1, 0.15) is 0 Å². The first-order valence-electron chi connectivity index (χ1n) is 3.83. The van der Waals surface area contributed by atoms with E-state index in [9.17, 15) is 10.1 Å². The molecule has 1 heterocycles. The summed E-state index contributed by atoms with van der Waals surface area (Å²) in [6.07, 6.45) is 0. The number of nitrogens with zero attached hydrogens (tertiary/aromatic N) is 5. The van der Waals surface area contributed by atoms with Gasteiger partial charge in [-0.1, -0.05) is 0 Å². The van der Waals surface area contributed by atoms with E-state index >= 15 is 0 Å². The van der Waals surface area contributed by atoms with Crippen molar-refractivity contribution in [2.75, 3.05) is 14.2 Å². The van der Waals surface area contributed by atoms with Crippen LogP contribution in [0.3, 0.4) is 0 Å². The summed E-state index contributed by atoms with van der Waals surface area (Å²) in [6.45, 7) is 0. The second-order valence-electron chi connectivity index (χ2n) is 2.31. The van der Waals surface area contributed by atoms with Crippen LogP contribution in [0.1, 0.15) is 5.82 Å². The normalized spacial score (nSPS) is 11.0. The predicted octanol–water partition coefficient (Wildman–Crippen LogP) is -0.699. The van der Waals surface area contributed by atoms with Gasteiger partial charge in [-0.15, -0.1) is 4.98 Å². The maximum Gasteiger partial charge on any atom is 0.454 e. The van der Waals surface area contributed by atoms with Crippen molar-refractivity contribution in [1.29, 1.82) is 0 Å². The molecule has 0 fully saturated rings. The van der Waals surface area contributed by atoms with E-state index in [0.717, 1.165) is 0 Å². The van der Waals surface area contributed by atoms with Crippen LogP contribution in [-0.4, -0.2) is 45.1 Å². The van der Waals surface area contributed by atoms with E-state index in [0.29, 0.717) is 0 Å². The summed E-state index contributed by atoms with van der Waals surface area (Å²) in [5.41, 5.74) is 0. The quantitative estimate of drug-likeness (QED) is 0.236. The Bertz CT molecular complexity index is 411. The lowest BCUT2D eigenvalue weighted by Crippen LogP contribution is -2.18. The van der Waals surface area contributed by atoms with Gasteiger partial charge in [0.15, 0.2) is 5.16 Å². The molecule has 86 valence electrons. The third kappa shape index (κ3) is 2.29. The number of aromatic nitrogens is 3. The van der Waals surface area contributed by atoms with Crippen molar-refractivity contribution in [1.82, 2.24) is 15.0 Å². The van der Waals surface area contributed by atoms with Crippen LogP contribution in [0, 0.1) is 10.1 Å². The van der Waals surface area contributed by atoms with Crippen LogP contribution in [0.5, 0.6) is 12.0 Å². The largest absolute Gasteiger partial charge is 0.467 e. The number of hydrogen-bond acceptors (Lipinski definition) is 9. The van der Waals surface area contributed by atoms with Crippen LogP contribution >= 0.6 is 0 Å². The van der Waals surface area contributed by atoms with Crippen molar-refractivity contribution in [2.45, 2.75) is 0 Å². The molecule has 0 spiro atoms. The number of amidine groups is 1. The minimum absolute atomic E-state index is 0.190. The van der Waals surface area contributed by atoms with Crippen molar-refractivity contribution in [2.24, 2.45) is 5.16 Å². The minimum atomic E-state index is -0.950.